The first-order valence-electron chi connectivity index (χ1n) is 10.9. The summed E-state index contributed by atoms with van der Waals surface area (Å²) in [5.41, 5.74) is 8.86. The lowest BCUT2D eigenvalue weighted by Crippen LogP contribution is -2.16. The fourth-order valence-corrected chi connectivity index (χ4v) is 3.92. The first-order valence-corrected chi connectivity index (χ1v) is 10.9. The Labute approximate surface area is 204 Å². The van der Waals surface area contributed by atoms with Crippen LogP contribution in [0, 0.1) is 22.6 Å². The minimum absolute atomic E-state index is 0.0351. The van der Waals surface area contributed by atoms with Crippen molar-refractivity contribution in [1.82, 2.24) is 34.7 Å². The molecule has 11 nitrogen and oxygen atoms in total. The Morgan fingerprint density at radius 1 is 1.25 bits per heavy atom. The number of hydrogen-bond acceptors (Lipinski definition) is 9. The third kappa shape index (κ3) is 3.88. The molecule has 0 fully saturated rings. The molecule has 36 heavy (non-hydrogen) atoms. The van der Waals surface area contributed by atoms with Crippen molar-refractivity contribution >= 4 is 28.3 Å². The van der Waals surface area contributed by atoms with Crippen LogP contribution in [0.1, 0.15) is 35.3 Å². The Hall–Kier alpha value is -5.18. The normalized spacial score (nSPS) is 11.8. The molecule has 1 atom stereocenters. The van der Waals surface area contributed by atoms with Gasteiger partial charge in [0.25, 0.3) is 0 Å². The van der Waals surface area contributed by atoms with Crippen molar-refractivity contribution in [1.29, 1.82) is 10.7 Å². The van der Waals surface area contributed by atoms with Crippen LogP contribution in [0.5, 0.6) is 0 Å². The van der Waals surface area contributed by atoms with E-state index < -0.39 is 11.9 Å². The van der Waals surface area contributed by atoms with E-state index in [2.05, 4.69) is 36.8 Å². The molecule has 0 aliphatic heterocycles. The number of benzene rings is 2. The van der Waals surface area contributed by atoms with Crippen LogP contribution in [-0.4, -0.2) is 40.5 Å². The van der Waals surface area contributed by atoms with Crippen molar-refractivity contribution in [3.63, 3.8) is 0 Å². The zero-order chi connectivity index (χ0) is 25.4. The smallest absolute Gasteiger partial charge is 0.148 e. The molecule has 3 aromatic heterocycles. The number of nitrogens with one attached hydrogen (secondary N) is 2. The lowest BCUT2D eigenvalue weighted by molar-refractivity contribution is 0.607. The molecule has 178 valence electrons. The number of nitriles is 1. The second-order valence-electron chi connectivity index (χ2n) is 8.10. The average Bonchev–Trinajstić information content (AvgIpc) is 3.51. The molecule has 0 aliphatic rings. The van der Waals surface area contributed by atoms with Gasteiger partial charge in [-0.3, -0.25) is 10.1 Å². The van der Waals surface area contributed by atoms with E-state index >= 15 is 0 Å². The largest absolute Gasteiger partial charge is 0.383 e. The molecule has 0 saturated carbocycles. The van der Waals surface area contributed by atoms with Crippen molar-refractivity contribution in [2.24, 2.45) is 7.05 Å². The number of nitrogens with two attached hydrogens (primary N) is 1. The number of fused-ring (bicyclic) bond motifs is 1. The van der Waals surface area contributed by atoms with Crippen LogP contribution < -0.4 is 11.1 Å². The first-order chi connectivity index (χ1) is 17.4. The van der Waals surface area contributed by atoms with Crippen molar-refractivity contribution < 1.29 is 4.39 Å². The van der Waals surface area contributed by atoms with Gasteiger partial charge in [-0.2, -0.15) is 10.4 Å². The van der Waals surface area contributed by atoms with Gasteiger partial charge in [0.2, 0.25) is 0 Å². The van der Waals surface area contributed by atoms with Gasteiger partial charge in [0, 0.05) is 18.0 Å². The first kappa shape index (κ1) is 22.6. The van der Waals surface area contributed by atoms with Crippen molar-refractivity contribution in [2.45, 2.75) is 13.0 Å². The second kappa shape index (κ2) is 8.88. The quantitative estimate of drug-likeness (QED) is 0.312. The molecular formula is C24H20FN11. The Balaban J connectivity index is 1.51. The number of nitrogen functional groups attached to an aromatic ring is 1. The van der Waals surface area contributed by atoms with Crippen LogP contribution >= 0.6 is 0 Å². The number of aromatic nitrogens is 7. The lowest BCUT2D eigenvalue weighted by atomic mass is 9.97. The summed E-state index contributed by atoms with van der Waals surface area (Å²) in [5.74, 6) is -0.0193. The highest BCUT2D eigenvalue weighted by atomic mass is 19.1. The lowest BCUT2D eigenvalue weighted by Gasteiger charge is -2.17. The predicted molar refractivity (Wildman–Crippen MR) is 131 cm³/mol. The molecule has 12 heteroatoms. The highest BCUT2D eigenvalue weighted by molar-refractivity contribution is 6.21. The van der Waals surface area contributed by atoms with E-state index in [-0.39, 0.29) is 22.8 Å². The molecular weight excluding hydrogens is 461 g/mol. The van der Waals surface area contributed by atoms with Crippen LogP contribution in [0.15, 0.2) is 55.1 Å². The Bertz CT molecular complexity index is 1660. The van der Waals surface area contributed by atoms with Crippen LogP contribution in [-0.2, 0) is 7.05 Å². The van der Waals surface area contributed by atoms with E-state index in [9.17, 15) is 9.65 Å². The summed E-state index contributed by atoms with van der Waals surface area (Å²) in [4.78, 5) is 8.39. The number of para-hydroxylation sites is 1. The van der Waals surface area contributed by atoms with Gasteiger partial charge in [-0.1, -0.05) is 17.3 Å². The predicted octanol–water partition coefficient (Wildman–Crippen LogP) is 3.13. The van der Waals surface area contributed by atoms with Crippen molar-refractivity contribution in [3.8, 4) is 11.8 Å². The van der Waals surface area contributed by atoms with Gasteiger partial charge in [-0.25, -0.2) is 19.0 Å². The number of anilines is 2. The molecule has 0 spiro atoms. The zero-order valence-electron chi connectivity index (χ0n) is 19.3. The van der Waals surface area contributed by atoms with Gasteiger partial charge in [0.1, 0.15) is 35.2 Å². The highest BCUT2D eigenvalue weighted by Gasteiger charge is 2.22. The second-order valence-corrected chi connectivity index (χ2v) is 8.10. The number of rotatable bonds is 6. The van der Waals surface area contributed by atoms with E-state index in [1.54, 1.807) is 54.5 Å². The van der Waals surface area contributed by atoms with E-state index in [4.69, 9.17) is 11.1 Å². The molecule has 4 N–H and O–H groups in total. The zero-order valence-corrected chi connectivity index (χ0v) is 19.3. The molecule has 3 heterocycles. The van der Waals surface area contributed by atoms with Crippen molar-refractivity contribution in [2.75, 3.05) is 11.1 Å². The minimum Gasteiger partial charge on any atom is -0.383 e. The topological polar surface area (TPSA) is 160 Å². The molecule has 0 bridgehead atoms. The maximum absolute atomic E-state index is 14.2. The SMILES string of the molecule is CC(Nc1ncnc(N)c1C(=N)c1cc(C#N)cc2c1cnn2C)c1cn(-c2ccccc2F)nn1. The van der Waals surface area contributed by atoms with Gasteiger partial charge < -0.3 is 11.1 Å². The summed E-state index contributed by atoms with van der Waals surface area (Å²) in [6.07, 6.45) is 4.54. The van der Waals surface area contributed by atoms with Crippen LogP contribution in [0.25, 0.3) is 16.6 Å². The van der Waals surface area contributed by atoms with Gasteiger partial charge in [0.05, 0.1) is 46.9 Å². The third-order valence-corrected chi connectivity index (χ3v) is 5.80. The van der Waals surface area contributed by atoms with Gasteiger partial charge >= 0.3 is 0 Å². The molecule has 0 amide bonds. The summed E-state index contributed by atoms with van der Waals surface area (Å²) < 4.78 is 17.2. The van der Waals surface area contributed by atoms with Gasteiger partial charge in [-0.05, 0) is 31.2 Å². The molecule has 0 radical (unpaired) electrons. The van der Waals surface area contributed by atoms with Gasteiger partial charge in [-0.15, -0.1) is 5.10 Å². The summed E-state index contributed by atoms with van der Waals surface area (Å²) >= 11 is 0. The van der Waals surface area contributed by atoms with E-state index in [0.29, 0.717) is 33.5 Å². The van der Waals surface area contributed by atoms with E-state index in [1.165, 1.54) is 17.1 Å². The molecule has 0 saturated heterocycles. The van der Waals surface area contributed by atoms with E-state index in [0.717, 1.165) is 0 Å². The summed E-state index contributed by atoms with van der Waals surface area (Å²) in [6, 6.07) is 11.3. The Morgan fingerprint density at radius 3 is 2.83 bits per heavy atom. The minimum atomic E-state index is -0.421. The summed E-state index contributed by atoms with van der Waals surface area (Å²) in [6.45, 7) is 1.83. The monoisotopic (exact) mass is 481 g/mol. The molecule has 5 aromatic rings. The number of aryl methyl sites for hydroxylation is 1. The maximum Gasteiger partial charge on any atom is 0.148 e. The number of halogens is 1. The van der Waals surface area contributed by atoms with Crippen LogP contribution in [0.2, 0.25) is 0 Å². The molecule has 2 aromatic carbocycles. The third-order valence-electron chi connectivity index (χ3n) is 5.80. The van der Waals surface area contributed by atoms with E-state index in [1.807, 2.05) is 6.92 Å². The summed E-state index contributed by atoms with van der Waals surface area (Å²) in [5, 5.41) is 34.9. The van der Waals surface area contributed by atoms with Crippen molar-refractivity contribution in [3.05, 3.63) is 83.3 Å². The maximum atomic E-state index is 14.2. The average molecular weight is 481 g/mol. The standard InChI is InChI=1S/C24H20FN11/c1-13(18-11-36(34-33-18)19-6-4-3-5-17(19)25)32-24-21(23(28)29-12-30-24)22(27)15-7-14(9-26)8-20-16(15)10-31-35(20)2/h3-8,10-13,27H,1-2H3,(H3,28,29,30,32). The summed E-state index contributed by atoms with van der Waals surface area (Å²) in [7, 11) is 1.76. The molecule has 1 unspecified atom stereocenters. The fourth-order valence-electron chi connectivity index (χ4n) is 3.92. The molecule has 0 aliphatic carbocycles. The molecule has 5 rings (SSSR count). The van der Waals surface area contributed by atoms with Crippen LogP contribution in [0.3, 0.4) is 0 Å². The van der Waals surface area contributed by atoms with Crippen LogP contribution in [0.4, 0.5) is 16.0 Å². The Kier molecular flexibility index (Phi) is 5.57. The highest BCUT2D eigenvalue weighted by Crippen LogP contribution is 2.29. The number of nitrogens with zero attached hydrogens (tertiary/aromatic N) is 8. The fraction of sp³-hybridized carbons (Fsp3) is 0.125. The van der Waals surface area contributed by atoms with Gasteiger partial charge in [0.15, 0.2) is 0 Å². The Morgan fingerprint density at radius 2 is 2.06 bits per heavy atom. The number of hydrogen-bond donors (Lipinski definition) is 3.